The van der Waals surface area contributed by atoms with E-state index in [1.165, 1.54) is 12.1 Å². The Labute approximate surface area is 265 Å². The highest BCUT2D eigenvalue weighted by Gasteiger charge is 2.29. The van der Waals surface area contributed by atoms with E-state index >= 15 is 4.39 Å². The van der Waals surface area contributed by atoms with Gasteiger partial charge in [0.05, 0.1) is 28.3 Å². The number of rotatable bonds is 11. The van der Waals surface area contributed by atoms with E-state index in [9.17, 15) is 4.79 Å². The van der Waals surface area contributed by atoms with Crippen molar-refractivity contribution in [2.75, 3.05) is 49.8 Å². The zero-order valence-electron chi connectivity index (χ0n) is 25.5. The summed E-state index contributed by atoms with van der Waals surface area (Å²) in [4.78, 5) is 30.6. The summed E-state index contributed by atoms with van der Waals surface area (Å²) < 4.78 is 18.4. The van der Waals surface area contributed by atoms with Crippen molar-refractivity contribution in [1.82, 2.24) is 24.4 Å². The van der Waals surface area contributed by atoms with Crippen molar-refractivity contribution in [3.8, 4) is 11.3 Å². The second-order valence-corrected chi connectivity index (χ2v) is 12.8. The van der Waals surface area contributed by atoms with Gasteiger partial charge in [0.25, 0.3) is 0 Å². The van der Waals surface area contributed by atoms with E-state index < -0.39 is 0 Å². The van der Waals surface area contributed by atoms with Gasteiger partial charge in [0, 0.05) is 47.1 Å². The third kappa shape index (κ3) is 6.67. The fourth-order valence-corrected chi connectivity index (χ4v) is 5.87. The molecule has 1 aliphatic carbocycles. The quantitative estimate of drug-likeness (QED) is 0.131. The molecule has 2 N–H and O–H groups in total. The summed E-state index contributed by atoms with van der Waals surface area (Å²) in [7, 11) is 6.06. The second kappa shape index (κ2) is 12.6. The molecule has 43 heavy (non-hydrogen) atoms. The van der Waals surface area contributed by atoms with E-state index in [0.717, 1.165) is 57.8 Å². The molecule has 0 saturated heterocycles. The van der Waals surface area contributed by atoms with Crippen LogP contribution >= 0.6 is 22.6 Å². The van der Waals surface area contributed by atoms with Crippen LogP contribution in [-0.4, -0.2) is 64.6 Å². The van der Waals surface area contributed by atoms with Crippen molar-refractivity contribution >= 4 is 62.5 Å². The van der Waals surface area contributed by atoms with Crippen LogP contribution < -0.4 is 15.5 Å². The van der Waals surface area contributed by atoms with Crippen molar-refractivity contribution in [1.29, 1.82) is 0 Å². The Bertz CT molecular complexity index is 1690. The maximum Gasteiger partial charge on any atom is 0.247 e. The standard InChI is InChI=1S/C32H38FIN8O/c1-8-29(43)37-26-16-25(24(34)15-27(26)41(7)12-11-40(5)6)38-32-35-17-22(20-9-10-20)30(39-32)21-13-23(33)31-28(14-21)42(18(2)3)19(4)36-31/h8,13-18,20H,1,9-12H2,2-7H3,(H,37,43)(H,35,38,39). The Morgan fingerprint density at radius 2 is 1.91 bits per heavy atom. The molecule has 11 heteroatoms. The molecule has 9 nitrogen and oxygen atoms in total. The van der Waals surface area contributed by atoms with Crippen LogP contribution in [0.2, 0.25) is 0 Å². The van der Waals surface area contributed by atoms with Gasteiger partial charge in [0.1, 0.15) is 11.3 Å². The van der Waals surface area contributed by atoms with Gasteiger partial charge in [0.2, 0.25) is 11.9 Å². The Balaban J connectivity index is 1.55. The summed E-state index contributed by atoms with van der Waals surface area (Å²) in [6.45, 7) is 11.3. The fraction of sp³-hybridized carbons (Fsp3) is 0.375. The molecule has 1 fully saturated rings. The van der Waals surface area contributed by atoms with Gasteiger partial charge in [-0.1, -0.05) is 6.58 Å². The number of amides is 1. The second-order valence-electron chi connectivity index (χ2n) is 11.6. The molecule has 2 aromatic carbocycles. The molecular formula is C32H38FIN8O. The van der Waals surface area contributed by atoms with Crippen LogP contribution in [0.25, 0.3) is 22.3 Å². The normalized spacial score (nSPS) is 13.2. The number of carbonyl (C=O) groups excluding carboxylic acids is 1. The molecule has 226 valence electrons. The summed E-state index contributed by atoms with van der Waals surface area (Å²) in [5.74, 6) is 0.864. The van der Waals surface area contributed by atoms with Crippen molar-refractivity contribution < 1.29 is 9.18 Å². The van der Waals surface area contributed by atoms with Crippen LogP contribution in [-0.2, 0) is 4.79 Å². The lowest BCUT2D eigenvalue weighted by atomic mass is 10.0. The van der Waals surface area contributed by atoms with Gasteiger partial charge >= 0.3 is 0 Å². The van der Waals surface area contributed by atoms with E-state index in [4.69, 9.17) is 4.98 Å². The number of carbonyl (C=O) groups is 1. The third-order valence-electron chi connectivity index (χ3n) is 7.62. The zero-order valence-corrected chi connectivity index (χ0v) is 27.7. The number of fused-ring (bicyclic) bond motifs is 1. The largest absolute Gasteiger partial charge is 0.372 e. The Kier molecular flexibility index (Phi) is 9.02. The van der Waals surface area contributed by atoms with Gasteiger partial charge in [-0.2, -0.15) is 0 Å². The van der Waals surface area contributed by atoms with Crippen LogP contribution in [0.4, 0.5) is 27.4 Å². The number of hydrogen-bond acceptors (Lipinski definition) is 7. The molecule has 0 radical (unpaired) electrons. The number of aromatic nitrogens is 4. The van der Waals surface area contributed by atoms with Crippen LogP contribution in [0.1, 0.15) is 50.0 Å². The SMILES string of the molecule is C=CC(=O)Nc1cc(Nc2ncc(C3CC3)c(-c3cc(F)c4nc(C)n(C(C)C)c4c3)n2)c(I)cc1N(C)CCN(C)C. The maximum atomic E-state index is 15.4. The van der Waals surface area contributed by atoms with E-state index in [2.05, 4.69) is 78.0 Å². The van der Waals surface area contributed by atoms with Gasteiger partial charge < -0.3 is 25.0 Å². The van der Waals surface area contributed by atoms with Gasteiger partial charge in [-0.3, -0.25) is 4.79 Å². The van der Waals surface area contributed by atoms with E-state index in [1.807, 2.05) is 52.5 Å². The predicted octanol–water partition coefficient (Wildman–Crippen LogP) is 6.87. The van der Waals surface area contributed by atoms with Crippen molar-refractivity contribution in [2.45, 2.75) is 45.6 Å². The maximum absolute atomic E-state index is 15.4. The molecule has 0 atom stereocenters. The molecule has 0 bridgehead atoms. The molecule has 4 aromatic rings. The first-order valence-electron chi connectivity index (χ1n) is 14.4. The number of halogens is 2. The molecule has 1 aliphatic rings. The number of aryl methyl sites for hydroxylation is 1. The molecule has 5 rings (SSSR count). The number of imidazole rings is 1. The first kappa shape index (κ1) is 30.9. The van der Waals surface area contributed by atoms with Gasteiger partial charge in [0.15, 0.2) is 5.82 Å². The fourth-order valence-electron chi connectivity index (χ4n) is 5.28. The lowest BCUT2D eigenvalue weighted by Crippen LogP contribution is -2.29. The smallest absolute Gasteiger partial charge is 0.247 e. The molecule has 2 heterocycles. The summed E-state index contributed by atoms with van der Waals surface area (Å²) in [5, 5.41) is 6.30. The number of anilines is 4. The average Bonchev–Trinajstić information content (AvgIpc) is 3.74. The predicted molar refractivity (Wildman–Crippen MR) is 181 cm³/mol. The summed E-state index contributed by atoms with van der Waals surface area (Å²) >= 11 is 2.27. The Hall–Kier alpha value is -3.58. The highest BCUT2D eigenvalue weighted by Crippen LogP contribution is 2.44. The highest BCUT2D eigenvalue weighted by molar-refractivity contribution is 14.1. The number of likely N-dealkylation sites (N-methyl/N-ethyl adjacent to an activating group) is 2. The van der Waals surface area contributed by atoms with E-state index in [1.54, 1.807) is 0 Å². The molecule has 1 saturated carbocycles. The van der Waals surface area contributed by atoms with Crippen molar-refractivity contribution in [2.24, 2.45) is 0 Å². The van der Waals surface area contributed by atoms with Gasteiger partial charge in [-0.05, 0) is 107 Å². The van der Waals surface area contributed by atoms with Crippen LogP contribution in [0.3, 0.4) is 0 Å². The van der Waals surface area contributed by atoms with Crippen molar-refractivity contribution in [3.05, 3.63) is 63.9 Å². The van der Waals surface area contributed by atoms with Crippen LogP contribution in [0.5, 0.6) is 0 Å². The molecule has 2 aromatic heterocycles. The Morgan fingerprint density at radius 1 is 1.16 bits per heavy atom. The van der Waals surface area contributed by atoms with E-state index in [0.29, 0.717) is 34.3 Å². The summed E-state index contributed by atoms with van der Waals surface area (Å²) in [6.07, 6.45) is 5.23. The minimum atomic E-state index is -0.365. The minimum Gasteiger partial charge on any atom is -0.372 e. The Morgan fingerprint density at radius 3 is 2.56 bits per heavy atom. The van der Waals surface area contributed by atoms with Crippen molar-refractivity contribution in [3.63, 3.8) is 0 Å². The van der Waals surface area contributed by atoms with Gasteiger partial charge in [-0.25, -0.2) is 19.3 Å². The lowest BCUT2D eigenvalue weighted by molar-refractivity contribution is -0.111. The molecule has 0 aliphatic heterocycles. The number of nitrogens with zero attached hydrogens (tertiary/aromatic N) is 6. The third-order valence-corrected chi connectivity index (χ3v) is 8.51. The highest BCUT2D eigenvalue weighted by atomic mass is 127. The average molecular weight is 697 g/mol. The van der Waals surface area contributed by atoms with E-state index in [-0.39, 0.29) is 17.8 Å². The van der Waals surface area contributed by atoms with Gasteiger partial charge in [-0.15, -0.1) is 0 Å². The number of hydrogen-bond donors (Lipinski definition) is 2. The topological polar surface area (TPSA) is 91.2 Å². The van der Waals surface area contributed by atoms with Crippen LogP contribution in [0.15, 0.2) is 43.1 Å². The molecule has 1 amide bonds. The monoisotopic (exact) mass is 696 g/mol. The van der Waals surface area contributed by atoms with Crippen LogP contribution in [0, 0.1) is 16.3 Å². The zero-order chi connectivity index (χ0) is 31.0. The first-order chi connectivity index (χ1) is 20.5. The summed E-state index contributed by atoms with van der Waals surface area (Å²) in [5.41, 5.74) is 5.83. The summed E-state index contributed by atoms with van der Waals surface area (Å²) in [6, 6.07) is 7.56. The number of benzene rings is 2. The number of nitrogens with one attached hydrogen (secondary N) is 2. The lowest BCUT2D eigenvalue weighted by Gasteiger charge is -2.25. The molecule has 0 spiro atoms. The minimum absolute atomic E-state index is 0.132. The molecular weight excluding hydrogens is 658 g/mol. The first-order valence-corrected chi connectivity index (χ1v) is 15.5. The molecule has 0 unspecified atom stereocenters.